The average molecular weight is 299 g/mol. The van der Waals surface area contributed by atoms with Crippen LogP contribution in [0.25, 0.3) is 0 Å². The number of unbranched alkanes of at least 4 members (excludes halogenated alkanes) is 5. The van der Waals surface area contributed by atoms with Crippen LogP contribution in [0.4, 0.5) is 8.78 Å². The van der Waals surface area contributed by atoms with Crippen LogP contribution in [0.5, 0.6) is 0 Å². The van der Waals surface area contributed by atoms with Crippen molar-refractivity contribution in [3.63, 3.8) is 0 Å². The number of halogens is 2. The Hall–Kier alpha value is -1.00. The highest BCUT2D eigenvalue weighted by Crippen LogP contribution is 2.30. The van der Waals surface area contributed by atoms with Crippen LogP contribution >= 0.6 is 0 Å². The molecule has 0 radical (unpaired) electrons. The van der Waals surface area contributed by atoms with Crippen molar-refractivity contribution in [2.45, 2.75) is 57.3 Å². The van der Waals surface area contributed by atoms with E-state index in [1.807, 2.05) is 0 Å². The molecule has 0 aliphatic rings. The SMILES string of the molecule is CCCCCCCCC(CN)(CO)c1cc(F)cc(F)c1. The molecule has 0 saturated carbocycles. The molecule has 0 amide bonds. The maximum absolute atomic E-state index is 13.4. The number of aliphatic hydroxyl groups is 1. The van der Waals surface area contributed by atoms with E-state index >= 15 is 0 Å². The monoisotopic (exact) mass is 299 g/mol. The van der Waals surface area contributed by atoms with Gasteiger partial charge < -0.3 is 10.8 Å². The van der Waals surface area contributed by atoms with E-state index in [9.17, 15) is 13.9 Å². The van der Waals surface area contributed by atoms with Gasteiger partial charge in [0.15, 0.2) is 0 Å². The number of hydrogen-bond acceptors (Lipinski definition) is 2. The molecule has 0 heterocycles. The lowest BCUT2D eigenvalue weighted by atomic mass is 9.76. The summed E-state index contributed by atoms with van der Waals surface area (Å²) in [5.41, 5.74) is 5.52. The highest BCUT2D eigenvalue weighted by atomic mass is 19.1. The van der Waals surface area contributed by atoms with Gasteiger partial charge in [0.2, 0.25) is 0 Å². The largest absolute Gasteiger partial charge is 0.395 e. The standard InChI is InChI=1S/C17H27F2NO/c1-2-3-4-5-6-7-8-17(12-20,13-21)14-9-15(18)11-16(19)10-14/h9-11,21H,2-8,12-13,20H2,1H3. The first kappa shape index (κ1) is 18.1. The van der Waals surface area contributed by atoms with Crippen molar-refractivity contribution in [3.8, 4) is 0 Å². The van der Waals surface area contributed by atoms with E-state index in [2.05, 4.69) is 6.92 Å². The number of rotatable bonds is 10. The first-order valence-electron chi connectivity index (χ1n) is 7.85. The molecule has 1 unspecified atom stereocenters. The molecular formula is C17H27F2NO. The zero-order valence-corrected chi connectivity index (χ0v) is 12.9. The number of hydrogen-bond donors (Lipinski definition) is 2. The molecule has 21 heavy (non-hydrogen) atoms. The Morgan fingerprint density at radius 2 is 1.57 bits per heavy atom. The van der Waals surface area contributed by atoms with Crippen molar-refractivity contribution < 1.29 is 13.9 Å². The van der Waals surface area contributed by atoms with Crippen LogP contribution in [0.2, 0.25) is 0 Å². The second-order valence-electron chi connectivity index (χ2n) is 5.82. The highest BCUT2D eigenvalue weighted by molar-refractivity contribution is 5.27. The summed E-state index contributed by atoms with van der Waals surface area (Å²) in [6, 6.07) is 3.40. The van der Waals surface area contributed by atoms with Crippen molar-refractivity contribution in [1.82, 2.24) is 0 Å². The fourth-order valence-electron chi connectivity index (χ4n) is 2.70. The minimum absolute atomic E-state index is 0.182. The molecule has 1 atom stereocenters. The summed E-state index contributed by atoms with van der Waals surface area (Å²) in [5, 5.41) is 9.73. The highest BCUT2D eigenvalue weighted by Gasteiger charge is 2.30. The Morgan fingerprint density at radius 1 is 1.00 bits per heavy atom. The van der Waals surface area contributed by atoms with Gasteiger partial charge in [-0.2, -0.15) is 0 Å². The summed E-state index contributed by atoms with van der Waals surface area (Å²) in [5.74, 6) is -1.25. The Bertz CT molecular complexity index is 399. The van der Waals surface area contributed by atoms with Gasteiger partial charge >= 0.3 is 0 Å². The molecule has 0 aliphatic heterocycles. The lowest BCUT2D eigenvalue weighted by molar-refractivity contribution is 0.184. The Kier molecular flexibility index (Phi) is 7.83. The zero-order valence-electron chi connectivity index (χ0n) is 12.9. The number of benzene rings is 1. The van der Waals surface area contributed by atoms with Gasteiger partial charge in [-0.15, -0.1) is 0 Å². The smallest absolute Gasteiger partial charge is 0.126 e. The summed E-state index contributed by atoms with van der Waals surface area (Å²) >= 11 is 0. The van der Waals surface area contributed by atoms with Gasteiger partial charge in [0.05, 0.1) is 6.61 Å². The molecule has 2 nitrogen and oxygen atoms in total. The normalized spacial score (nSPS) is 14.1. The number of nitrogens with two attached hydrogens (primary N) is 1. The molecule has 1 aromatic carbocycles. The van der Waals surface area contributed by atoms with E-state index in [1.165, 1.54) is 31.4 Å². The van der Waals surface area contributed by atoms with E-state index in [0.717, 1.165) is 25.3 Å². The van der Waals surface area contributed by atoms with Crippen molar-refractivity contribution in [3.05, 3.63) is 35.4 Å². The van der Waals surface area contributed by atoms with Crippen LogP contribution in [0, 0.1) is 11.6 Å². The molecular weight excluding hydrogens is 272 g/mol. The van der Waals surface area contributed by atoms with E-state index in [1.54, 1.807) is 0 Å². The maximum atomic E-state index is 13.4. The zero-order chi connectivity index (χ0) is 15.7. The van der Waals surface area contributed by atoms with Gasteiger partial charge in [0.1, 0.15) is 11.6 Å². The molecule has 1 rings (SSSR count). The number of aliphatic hydroxyl groups excluding tert-OH is 1. The Labute approximate surface area is 126 Å². The first-order valence-corrected chi connectivity index (χ1v) is 7.85. The van der Waals surface area contributed by atoms with E-state index in [0.29, 0.717) is 12.0 Å². The maximum Gasteiger partial charge on any atom is 0.126 e. The van der Waals surface area contributed by atoms with Gasteiger partial charge in [-0.3, -0.25) is 0 Å². The van der Waals surface area contributed by atoms with Crippen molar-refractivity contribution in [1.29, 1.82) is 0 Å². The third kappa shape index (κ3) is 5.36. The van der Waals surface area contributed by atoms with Crippen molar-refractivity contribution in [2.24, 2.45) is 5.73 Å². The predicted molar refractivity (Wildman–Crippen MR) is 82.2 cm³/mol. The van der Waals surface area contributed by atoms with Crippen LogP contribution in [0.1, 0.15) is 57.4 Å². The molecule has 3 N–H and O–H groups in total. The third-order valence-corrected chi connectivity index (χ3v) is 4.18. The van der Waals surface area contributed by atoms with Crippen LogP contribution in [-0.4, -0.2) is 18.3 Å². The predicted octanol–water partition coefficient (Wildman–Crippen LogP) is 3.90. The van der Waals surface area contributed by atoms with Gasteiger partial charge in [0, 0.05) is 18.0 Å². The fourth-order valence-corrected chi connectivity index (χ4v) is 2.70. The van der Waals surface area contributed by atoms with Crippen LogP contribution < -0.4 is 5.73 Å². The molecule has 0 saturated heterocycles. The van der Waals surface area contributed by atoms with Gasteiger partial charge in [-0.1, -0.05) is 45.4 Å². The molecule has 0 spiro atoms. The lowest BCUT2D eigenvalue weighted by Gasteiger charge is -2.31. The van der Waals surface area contributed by atoms with E-state index < -0.39 is 17.0 Å². The van der Waals surface area contributed by atoms with Gasteiger partial charge in [-0.25, -0.2) is 8.78 Å². The topological polar surface area (TPSA) is 46.2 Å². The van der Waals surface area contributed by atoms with Crippen LogP contribution in [0.15, 0.2) is 18.2 Å². The third-order valence-electron chi connectivity index (χ3n) is 4.18. The molecule has 120 valence electrons. The summed E-state index contributed by atoms with van der Waals surface area (Å²) < 4.78 is 26.8. The first-order chi connectivity index (χ1) is 10.1. The molecule has 0 aromatic heterocycles. The summed E-state index contributed by atoms with van der Waals surface area (Å²) in [6.45, 7) is 2.16. The van der Waals surface area contributed by atoms with Crippen LogP contribution in [0.3, 0.4) is 0 Å². The minimum atomic E-state index is -0.742. The quantitative estimate of drug-likeness (QED) is 0.644. The second kappa shape index (κ2) is 9.11. The molecule has 0 bridgehead atoms. The summed E-state index contributed by atoms with van der Waals surface area (Å²) in [7, 11) is 0. The Balaban J connectivity index is 2.69. The van der Waals surface area contributed by atoms with Crippen LogP contribution in [-0.2, 0) is 5.41 Å². The van der Waals surface area contributed by atoms with E-state index in [4.69, 9.17) is 5.73 Å². The van der Waals surface area contributed by atoms with Gasteiger partial charge in [0.25, 0.3) is 0 Å². The molecule has 0 fully saturated rings. The van der Waals surface area contributed by atoms with Crippen molar-refractivity contribution >= 4 is 0 Å². The second-order valence-corrected chi connectivity index (χ2v) is 5.82. The van der Waals surface area contributed by atoms with E-state index in [-0.39, 0.29) is 13.2 Å². The minimum Gasteiger partial charge on any atom is -0.395 e. The van der Waals surface area contributed by atoms with Crippen molar-refractivity contribution in [2.75, 3.05) is 13.2 Å². The molecule has 4 heteroatoms. The average Bonchev–Trinajstić information content (AvgIpc) is 2.46. The summed E-state index contributed by atoms with van der Waals surface area (Å²) in [4.78, 5) is 0. The van der Waals surface area contributed by atoms with Gasteiger partial charge in [-0.05, 0) is 24.1 Å². The molecule has 0 aliphatic carbocycles. The summed E-state index contributed by atoms with van der Waals surface area (Å²) in [6.07, 6.45) is 7.40. The fraction of sp³-hybridized carbons (Fsp3) is 0.647. The lowest BCUT2D eigenvalue weighted by Crippen LogP contribution is -2.39. The molecule has 1 aromatic rings. The Morgan fingerprint density at radius 3 is 2.10 bits per heavy atom.